The van der Waals surface area contributed by atoms with Crippen LogP contribution in [-0.2, 0) is 4.79 Å². The third-order valence-corrected chi connectivity index (χ3v) is 2.70. The third-order valence-electron chi connectivity index (χ3n) is 2.70. The van der Waals surface area contributed by atoms with Crippen molar-refractivity contribution >= 4 is 5.78 Å². The molecular weight excluding hydrogens is 216 g/mol. The van der Waals surface area contributed by atoms with E-state index in [9.17, 15) is 9.90 Å². The normalized spacial score (nSPS) is 19.1. The van der Waals surface area contributed by atoms with Crippen molar-refractivity contribution in [2.24, 2.45) is 0 Å². The molecule has 2 N–H and O–H groups in total. The summed E-state index contributed by atoms with van der Waals surface area (Å²) in [6, 6.07) is 0. The lowest BCUT2D eigenvalue weighted by atomic mass is 9.83. The Labute approximate surface area is 101 Å². The summed E-state index contributed by atoms with van der Waals surface area (Å²) in [6.07, 6.45) is 4.32. The van der Waals surface area contributed by atoms with Crippen LogP contribution in [0.4, 0.5) is 0 Å². The predicted octanol–water partition coefficient (Wildman–Crippen LogP) is 1.13. The van der Waals surface area contributed by atoms with Gasteiger partial charge in [-0.05, 0) is 55.7 Å². The van der Waals surface area contributed by atoms with E-state index in [0.717, 1.165) is 0 Å². The van der Waals surface area contributed by atoms with Crippen molar-refractivity contribution in [3.8, 4) is 11.8 Å². The summed E-state index contributed by atoms with van der Waals surface area (Å²) in [5.74, 6) is 5.39. The van der Waals surface area contributed by atoms with E-state index in [0.29, 0.717) is 16.7 Å². The van der Waals surface area contributed by atoms with Crippen LogP contribution in [0.1, 0.15) is 20.8 Å². The van der Waals surface area contributed by atoms with Crippen LogP contribution < -0.4 is 0 Å². The Morgan fingerprint density at radius 1 is 1.41 bits per heavy atom. The maximum atomic E-state index is 11.3. The van der Waals surface area contributed by atoms with Crippen LogP contribution in [0.25, 0.3) is 0 Å². The molecule has 1 aliphatic rings. The number of hydrogen-bond acceptors (Lipinski definition) is 3. The van der Waals surface area contributed by atoms with Crippen LogP contribution in [0.3, 0.4) is 0 Å². The molecule has 17 heavy (non-hydrogen) atoms. The number of ketones is 1. The number of carbonyl (C=O) groups is 1. The lowest BCUT2D eigenvalue weighted by Gasteiger charge is -2.26. The number of allylic oxidation sites excluding steroid dienone is 3. The minimum atomic E-state index is -1.38. The lowest BCUT2D eigenvalue weighted by molar-refractivity contribution is -0.110. The standard InChI is InChI=1S/C14H16O3/c1-10(5-7-15)4-6-14(17)11(2)8-13(16)9-12(14)3/h5,8-9,15,17H,7H2,1-3H3/b10-5+. The van der Waals surface area contributed by atoms with Crippen molar-refractivity contribution in [1.82, 2.24) is 0 Å². The topological polar surface area (TPSA) is 57.5 Å². The molecule has 0 fully saturated rings. The Morgan fingerprint density at radius 3 is 2.41 bits per heavy atom. The number of rotatable bonds is 1. The zero-order valence-electron chi connectivity index (χ0n) is 10.2. The van der Waals surface area contributed by atoms with Gasteiger partial charge in [0.15, 0.2) is 11.4 Å². The van der Waals surface area contributed by atoms with Gasteiger partial charge in [0.25, 0.3) is 0 Å². The second kappa shape index (κ2) is 5.13. The fraction of sp³-hybridized carbons (Fsp3) is 0.357. The van der Waals surface area contributed by atoms with Gasteiger partial charge in [-0.2, -0.15) is 0 Å². The van der Waals surface area contributed by atoms with Gasteiger partial charge >= 0.3 is 0 Å². The van der Waals surface area contributed by atoms with E-state index < -0.39 is 5.60 Å². The first-order valence-corrected chi connectivity index (χ1v) is 5.35. The summed E-state index contributed by atoms with van der Waals surface area (Å²) in [4.78, 5) is 11.3. The molecule has 90 valence electrons. The van der Waals surface area contributed by atoms with Crippen molar-refractivity contribution < 1.29 is 15.0 Å². The molecule has 0 aromatic heterocycles. The highest BCUT2D eigenvalue weighted by molar-refractivity contribution is 6.02. The van der Waals surface area contributed by atoms with Crippen LogP contribution in [0, 0.1) is 11.8 Å². The van der Waals surface area contributed by atoms with E-state index in [1.165, 1.54) is 12.2 Å². The van der Waals surface area contributed by atoms with Crippen molar-refractivity contribution in [1.29, 1.82) is 0 Å². The number of aliphatic hydroxyl groups is 2. The van der Waals surface area contributed by atoms with Crippen molar-refractivity contribution in [2.75, 3.05) is 6.61 Å². The van der Waals surface area contributed by atoms with Crippen LogP contribution in [0.15, 0.2) is 34.9 Å². The minimum Gasteiger partial charge on any atom is -0.392 e. The fourth-order valence-electron chi connectivity index (χ4n) is 1.56. The van der Waals surface area contributed by atoms with Gasteiger partial charge in [0.1, 0.15) is 0 Å². The van der Waals surface area contributed by atoms with Gasteiger partial charge in [-0.15, -0.1) is 0 Å². The lowest BCUT2D eigenvalue weighted by Crippen LogP contribution is -2.33. The molecule has 3 nitrogen and oxygen atoms in total. The zero-order valence-corrected chi connectivity index (χ0v) is 10.2. The fourth-order valence-corrected chi connectivity index (χ4v) is 1.56. The summed E-state index contributed by atoms with van der Waals surface area (Å²) >= 11 is 0. The van der Waals surface area contributed by atoms with E-state index >= 15 is 0 Å². The maximum Gasteiger partial charge on any atom is 0.178 e. The Hall–Kier alpha value is -1.63. The van der Waals surface area contributed by atoms with Crippen molar-refractivity contribution in [3.63, 3.8) is 0 Å². The van der Waals surface area contributed by atoms with Gasteiger partial charge in [0, 0.05) is 0 Å². The van der Waals surface area contributed by atoms with Crippen LogP contribution in [0.2, 0.25) is 0 Å². The summed E-state index contributed by atoms with van der Waals surface area (Å²) in [7, 11) is 0. The highest BCUT2D eigenvalue weighted by Gasteiger charge is 2.32. The minimum absolute atomic E-state index is 0.0823. The molecule has 0 saturated heterocycles. The van der Waals surface area contributed by atoms with E-state index in [1.54, 1.807) is 26.8 Å². The summed E-state index contributed by atoms with van der Waals surface area (Å²) in [6.45, 7) is 5.02. The van der Waals surface area contributed by atoms with Crippen LogP contribution in [0.5, 0.6) is 0 Å². The van der Waals surface area contributed by atoms with Gasteiger partial charge in [0.2, 0.25) is 0 Å². The molecule has 0 saturated carbocycles. The molecule has 0 spiro atoms. The molecule has 0 aromatic rings. The molecular formula is C14H16O3. The molecule has 0 radical (unpaired) electrons. The van der Waals surface area contributed by atoms with Crippen LogP contribution in [-0.4, -0.2) is 28.2 Å². The Morgan fingerprint density at radius 2 is 1.94 bits per heavy atom. The van der Waals surface area contributed by atoms with Gasteiger partial charge < -0.3 is 10.2 Å². The number of carbonyl (C=O) groups excluding carboxylic acids is 1. The number of hydrogen-bond donors (Lipinski definition) is 2. The zero-order chi connectivity index (χ0) is 13.1. The summed E-state index contributed by atoms with van der Waals surface area (Å²) in [5.41, 5.74) is 0.343. The van der Waals surface area contributed by atoms with Gasteiger partial charge in [-0.25, -0.2) is 0 Å². The van der Waals surface area contributed by atoms with E-state index in [4.69, 9.17) is 5.11 Å². The van der Waals surface area contributed by atoms with E-state index in [2.05, 4.69) is 11.8 Å². The predicted molar refractivity (Wildman–Crippen MR) is 66.1 cm³/mol. The first kappa shape index (κ1) is 13.4. The van der Waals surface area contributed by atoms with Gasteiger partial charge in [0.05, 0.1) is 6.61 Å². The van der Waals surface area contributed by atoms with E-state index in [-0.39, 0.29) is 12.4 Å². The first-order valence-electron chi connectivity index (χ1n) is 5.35. The largest absolute Gasteiger partial charge is 0.392 e. The molecule has 0 bridgehead atoms. The molecule has 3 heteroatoms. The molecule has 1 aliphatic carbocycles. The third kappa shape index (κ3) is 2.94. The van der Waals surface area contributed by atoms with Crippen LogP contribution >= 0.6 is 0 Å². The maximum absolute atomic E-state index is 11.3. The van der Waals surface area contributed by atoms with Crippen molar-refractivity contribution in [2.45, 2.75) is 26.4 Å². The molecule has 0 unspecified atom stereocenters. The monoisotopic (exact) mass is 232 g/mol. The number of aliphatic hydroxyl groups excluding tert-OH is 1. The average molecular weight is 232 g/mol. The second-order valence-electron chi connectivity index (χ2n) is 4.09. The highest BCUT2D eigenvalue weighted by Crippen LogP contribution is 2.28. The molecule has 0 heterocycles. The van der Waals surface area contributed by atoms with Crippen molar-refractivity contribution in [3.05, 3.63) is 34.9 Å². The molecule has 0 aromatic carbocycles. The second-order valence-corrected chi connectivity index (χ2v) is 4.09. The average Bonchev–Trinajstić information content (AvgIpc) is 2.24. The van der Waals surface area contributed by atoms with Gasteiger partial charge in [-0.1, -0.05) is 11.8 Å². The van der Waals surface area contributed by atoms with E-state index in [1.807, 2.05) is 0 Å². The molecule has 0 aliphatic heterocycles. The molecule has 1 rings (SSSR count). The Balaban J connectivity index is 3.11. The first-order chi connectivity index (χ1) is 7.90. The molecule has 0 amide bonds. The van der Waals surface area contributed by atoms with Gasteiger partial charge in [-0.3, -0.25) is 4.79 Å². The molecule has 0 atom stereocenters. The SMILES string of the molecule is CC1=CC(=O)C=C(C)C1(O)C#C/C(C)=C/CO. The smallest absolute Gasteiger partial charge is 0.178 e. The summed E-state index contributed by atoms with van der Waals surface area (Å²) < 4.78 is 0. The Kier molecular flexibility index (Phi) is 4.06. The highest BCUT2D eigenvalue weighted by atomic mass is 16.3. The quantitative estimate of drug-likeness (QED) is 0.666. The summed E-state index contributed by atoms with van der Waals surface area (Å²) in [5, 5.41) is 19.1. The Bertz CT molecular complexity index is 459.